The number of carbonyl (C=O) groups is 2. The predicted octanol–water partition coefficient (Wildman–Crippen LogP) is 0.273. The van der Waals surface area contributed by atoms with Gasteiger partial charge in [0.2, 0.25) is 0 Å². The Balaban J connectivity index is 2.57. The Kier molecular flexibility index (Phi) is 4.93. The van der Waals surface area contributed by atoms with E-state index in [-0.39, 0.29) is 18.6 Å². The molecule has 2 N–H and O–H groups in total. The predicted molar refractivity (Wildman–Crippen MR) is 64.3 cm³/mol. The first-order chi connectivity index (χ1) is 7.93. The summed E-state index contributed by atoms with van der Waals surface area (Å²) >= 11 is 0. The Morgan fingerprint density at radius 2 is 1.88 bits per heavy atom. The third-order valence-electron chi connectivity index (χ3n) is 3.18. The molecule has 98 valence electrons. The summed E-state index contributed by atoms with van der Waals surface area (Å²) in [5.74, 6) is -1.10. The number of hydrogen-bond acceptors (Lipinski definition) is 3. The highest BCUT2D eigenvalue weighted by Crippen LogP contribution is 2.22. The van der Waals surface area contributed by atoms with Crippen LogP contribution in [0.1, 0.15) is 40.0 Å². The first-order valence-electron chi connectivity index (χ1n) is 6.22. The van der Waals surface area contributed by atoms with Gasteiger partial charge < -0.3 is 15.3 Å². The zero-order valence-corrected chi connectivity index (χ0v) is 10.8. The zero-order valence-electron chi connectivity index (χ0n) is 10.8. The number of carbonyl (C=O) groups excluding carboxylic acids is 2. The van der Waals surface area contributed by atoms with Gasteiger partial charge in [0.15, 0.2) is 0 Å². The highest BCUT2D eigenvalue weighted by atomic mass is 16.3. The minimum atomic E-state index is -0.636. The van der Waals surface area contributed by atoms with Crippen molar-refractivity contribution in [1.82, 2.24) is 10.2 Å². The molecule has 3 unspecified atom stereocenters. The zero-order chi connectivity index (χ0) is 13.0. The second-order valence-electron chi connectivity index (χ2n) is 4.90. The molecule has 0 aliphatic carbocycles. The van der Waals surface area contributed by atoms with E-state index >= 15 is 0 Å². The number of rotatable bonds is 2. The maximum Gasteiger partial charge on any atom is 0.312 e. The van der Waals surface area contributed by atoms with Gasteiger partial charge in [0.1, 0.15) is 0 Å². The summed E-state index contributed by atoms with van der Waals surface area (Å²) in [4.78, 5) is 25.2. The molecular formula is C12H22N2O3. The van der Waals surface area contributed by atoms with Crippen LogP contribution >= 0.6 is 0 Å². The summed E-state index contributed by atoms with van der Waals surface area (Å²) in [6.45, 7) is 5.61. The second kappa shape index (κ2) is 6.00. The standard InChI is InChI=1S/C12H22N2O3/c1-8-5-4-6-9(2)14(8)12(17)11(16)13-7-10(3)15/h8-10,15H,4-7H2,1-3H3,(H,13,16). The molecule has 17 heavy (non-hydrogen) atoms. The fraction of sp³-hybridized carbons (Fsp3) is 0.833. The summed E-state index contributed by atoms with van der Waals surface area (Å²) in [6, 6.07) is 0.229. The van der Waals surface area contributed by atoms with E-state index in [9.17, 15) is 9.59 Å². The average molecular weight is 242 g/mol. The van der Waals surface area contributed by atoms with Gasteiger partial charge in [-0.05, 0) is 40.0 Å². The quantitative estimate of drug-likeness (QED) is 0.683. The van der Waals surface area contributed by atoms with E-state index < -0.39 is 17.9 Å². The molecule has 0 aromatic heterocycles. The summed E-state index contributed by atoms with van der Waals surface area (Å²) in [7, 11) is 0. The van der Waals surface area contributed by atoms with Gasteiger partial charge in [-0.2, -0.15) is 0 Å². The highest BCUT2D eigenvalue weighted by Gasteiger charge is 2.32. The minimum absolute atomic E-state index is 0.112. The van der Waals surface area contributed by atoms with Crippen LogP contribution in [0, 0.1) is 0 Å². The lowest BCUT2D eigenvalue weighted by molar-refractivity contribution is -0.150. The molecule has 1 aliphatic heterocycles. The van der Waals surface area contributed by atoms with Gasteiger partial charge in [0.05, 0.1) is 6.10 Å². The molecule has 1 rings (SSSR count). The lowest BCUT2D eigenvalue weighted by atomic mass is 9.97. The van der Waals surface area contributed by atoms with Gasteiger partial charge in [-0.3, -0.25) is 9.59 Å². The van der Waals surface area contributed by atoms with Crippen molar-refractivity contribution in [2.75, 3.05) is 6.54 Å². The summed E-state index contributed by atoms with van der Waals surface area (Å²) in [5.41, 5.74) is 0. The van der Waals surface area contributed by atoms with E-state index in [2.05, 4.69) is 5.32 Å². The van der Waals surface area contributed by atoms with Crippen molar-refractivity contribution < 1.29 is 14.7 Å². The van der Waals surface area contributed by atoms with Crippen LogP contribution in [0.25, 0.3) is 0 Å². The van der Waals surface area contributed by atoms with Crippen LogP contribution in [-0.2, 0) is 9.59 Å². The van der Waals surface area contributed by atoms with E-state index in [4.69, 9.17) is 5.11 Å². The van der Waals surface area contributed by atoms with Crippen molar-refractivity contribution in [2.45, 2.75) is 58.2 Å². The van der Waals surface area contributed by atoms with Crippen molar-refractivity contribution >= 4 is 11.8 Å². The van der Waals surface area contributed by atoms with Crippen molar-refractivity contribution in [3.8, 4) is 0 Å². The molecule has 1 heterocycles. The van der Waals surface area contributed by atoms with E-state index in [1.54, 1.807) is 11.8 Å². The lowest BCUT2D eigenvalue weighted by Gasteiger charge is -2.38. The van der Waals surface area contributed by atoms with E-state index in [1.807, 2.05) is 13.8 Å². The van der Waals surface area contributed by atoms with Crippen molar-refractivity contribution in [3.63, 3.8) is 0 Å². The van der Waals surface area contributed by atoms with Crippen molar-refractivity contribution in [1.29, 1.82) is 0 Å². The number of likely N-dealkylation sites (tertiary alicyclic amines) is 1. The molecule has 3 atom stereocenters. The van der Waals surface area contributed by atoms with Crippen LogP contribution in [0.5, 0.6) is 0 Å². The fourth-order valence-corrected chi connectivity index (χ4v) is 2.25. The first-order valence-corrected chi connectivity index (χ1v) is 6.22. The monoisotopic (exact) mass is 242 g/mol. The summed E-state index contributed by atoms with van der Waals surface area (Å²) in [5, 5.41) is 11.5. The van der Waals surface area contributed by atoms with Gasteiger partial charge in [-0.25, -0.2) is 0 Å². The first kappa shape index (κ1) is 14.0. The Morgan fingerprint density at radius 1 is 1.35 bits per heavy atom. The topological polar surface area (TPSA) is 69.6 Å². The van der Waals surface area contributed by atoms with Gasteiger partial charge >= 0.3 is 11.8 Å². The number of nitrogens with zero attached hydrogens (tertiary/aromatic N) is 1. The van der Waals surface area contributed by atoms with E-state index in [0.29, 0.717) is 0 Å². The van der Waals surface area contributed by atoms with Crippen LogP contribution in [0.2, 0.25) is 0 Å². The van der Waals surface area contributed by atoms with Crippen molar-refractivity contribution in [2.24, 2.45) is 0 Å². The number of hydrogen-bond donors (Lipinski definition) is 2. The minimum Gasteiger partial charge on any atom is -0.392 e. The molecule has 2 amide bonds. The van der Waals surface area contributed by atoms with E-state index in [0.717, 1.165) is 19.3 Å². The molecule has 0 bridgehead atoms. The maximum absolute atomic E-state index is 12.0. The Labute approximate surface area is 102 Å². The fourth-order valence-electron chi connectivity index (χ4n) is 2.25. The Hall–Kier alpha value is -1.10. The van der Waals surface area contributed by atoms with Crippen LogP contribution < -0.4 is 5.32 Å². The van der Waals surface area contributed by atoms with Gasteiger partial charge in [0.25, 0.3) is 0 Å². The molecule has 0 aromatic carbocycles. The third-order valence-corrected chi connectivity index (χ3v) is 3.18. The molecular weight excluding hydrogens is 220 g/mol. The third kappa shape index (κ3) is 3.70. The number of aliphatic hydroxyl groups excluding tert-OH is 1. The molecule has 0 radical (unpaired) electrons. The van der Waals surface area contributed by atoms with Gasteiger partial charge in [0, 0.05) is 18.6 Å². The SMILES string of the molecule is CC(O)CNC(=O)C(=O)N1C(C)CCCC1C. The molecule has 0 spiro atoms. The normalized spacial score (nSPS) is 26.5. The van der Waals surface area contributed by atoms with E-state index in [1.165, 1.54) is 0 Å². The van der Waals surface area contributed by atoms with Crippen molar-refractivity contribution in [3.05, 3.63) is 0 Å². The largest absolute Gasteiger partial charge is 0.392 e. The van der Waals surface area contributed by atoms with Gasteiger partial charge in [-0.15, -0.1) is 0 Å². The molecule has 1 fully saturated rings. The van der Waals surface area contributed by atoms with Crippen LogP contribution in [-0.4, -0.2) is 46.6 Å². The molecule has 1 aliphatic rings. The Bertz CT molecular complexity index is 281. The number of amides is 2. The van der Waals surface area contributed by atoms with Crippen LogP contribution in [0.15, 0.2) is 0 Å². The summed E-state index contributed by atoms with van der Waals surface area (Å²) < 4.78 is 0. The Morgan fingerprint density at radius 3 is 2.35 bits per heavy atom. The second-order valence-corrected chi connectivity index (χ2v) is 4.90. The van der Waals surface area contributed by atoms with Crippen LogP contribution in [0.3, 0.4) is 0 Å². The number of nitrogens with one attached hydrogen (secondary N) is 1. The maximum atomic E-state index is 12.0. The molecule has 5 nitrogen and oxygen atoms in total. The molecule has 0 aromatic rings. The lowest BCUT2D eigenvalue weighted by Crippen LogP contribution is -2.53. The van der Waals surface area contributed by atoms with Crippen LogP contribution in [0.4, 0.5) is 0 Å². The van der Waals surface area contributed by atoms with Gasteiger partial charge in [-0.1, -0.05) is 0 Å². The number of piperidine rings is 1. The number of aliphatic hydroxyl groups is 1. The highest BCUT2D eigenvalue weighted by molar-refractivity contribution is 6.35. The molecule has 0 saturated carbocycles. The average Bonchev–Trinajstić information content (AvgIpc) is 2.25. The smallest absolute Gasteiger partial charge is 0.312 e. The molecule has 1 saturated heterocycles. The summed E-state index contributed by atoms with van der Waals surface area (Å²) in [6.07, 6.45) is 2.35. The molecule has 5 heteroatoms.